The summed E-state index contributed by atoms with van der Waals surface area (Å²) in [5.74, 6) is 6.63. The van der Waals surface area contributed by atoms with Crippen LogP contribution in [0.25, 0.3) is 0 Å². The number of ether oxygens (including phenoxy) is 1. The second kappa shape index (κ2) is 7.40. The molecule has 3 nitrogen and oxygen atoms in total. The summed E-state index contributed by atoms with van der Waals surface area (Å²) in [5.41, 5.74) is 5.10. The Kier molecular flexibility index (Phi) is 5.83. The van der Waals surface area contributed by atoms with Crippen LogP contribution < -0.4 is 16.0 Å². The van der Waals surface area contributed by atoms with E-state index in [1.165, 1.54) is 0 Å². The van der Waals surface area contributed by atoms with E-state index >= 15 is 0 Å². The van der Waals surface area contributed by atoms with E-state index in [2.05, 4.69) is 56.1 Å². The maximum atomic E-state index is 5.77. The topological polar surface area (TPSA) is 47.3 Å². The Morgan fingerprint density at radius 1 is 1.30 bits per heavy atom. The Morgan fingerprint density at radius 2 is 2.10 bits per heavy atom. The molecule has 1 unspecified atom stereocenters. The van der Waals surface area contributed by atoms with Crippen molar-refractivity contribution in [2.24, 2.45) is 5.84 Å². The molecular weight excluding hydrogens is 431 g/mol. The average molecular weight is 447 g/mol. The first-order valence-electron chi connectivity index (χ1n) is 6.29. The number of rotatable bonds is 5. The van der Waals surface area contributed by atoms with E-state index in [0.717, 1.165) is 24.9 Å². The number of hydrazine groups is 1. The Bertz CT molecular complexity index is 592. The van der Waals surface area contributed by atoms with Crippen LogP contribution in [0.4, 0.5) is 0 Å². The summed E-state index contributed by atoms with van der Waals surface area (Å²) in [7, 11) is 0. The molecule has 0 aromatic heterocycles. The van der Waals surface area contributed by atoms with Crippen molar-refractivity contribution in [2.75, 3.05) is 6.61 Å². The summed E-state index contributed by atoms with van der Waals surface area (Å²) in [4.78, 5) is 0. The van der Waals surface area contributed by atoms with Crippen LogP contribution in [0, 0.1) is 3.57 Å². The van der Waals surface area contributed by atoms with Crippen molar-refractivity contribution in [1.82, 2.24) is 5.43 Å². The number of halogens is 2. The third-order valence-electron chi connectivity index (χ3n) is 2.94. The number of benzene rings is 2. The van der Waals surface area contributed by atoms with E-state index in [0.29, 0.717) is 6.61 Å². The Morgan fingerprint density at radius 3 is 2.80 bits per heavy atom. The maximum absolute atomic E-state index is 5.77. The van der Waals surface area contributed by atoms with Crippen LogP contribution in [0.15, 0.2) is 46.9 Å². The quantitative estimate of drug-likeness (QED) is 0.414. The summed E-state index contributed by atoms with van der Waals surface area (Å²) in [5, 5.41) is 0. The minimum Gasteiger partial charge on any atom is -0.494 e. The molecule has 2 rings (SSSR count). The third kappa shape index (κ3) is 3.72. The molecule has 0 amide bonds. The summed E-state index contributed by atoms with van der Waals surface area (Å²) in [6, 6.07) is 14.1. The maximum Gasteiger partial charge on any atom is 0.119 e. The Balaban J connectivity index is 2.41. The number of nitrogens with one attached hydrogen (secondary N) is 1. The fourth-order valence-corrected chi connectivity index (χ4v) is 3.08. The molecule has 1 atom stereocenters. The second-order valence-corrected chi connectivity index (χ2v) is 6.35. The van der Waals surface area contributed by atoms with Gasteiger partial charge in [0.1, 0.15) is 5.75 Å². The summed E-state index contributed by atoms with van der Waals surface area (Å²) < 4.78 is 7.75. The molecule has 0 heterocycles. The molecule has 106 valence electrons. The third-order valence-corrected chi connectivity index (χ3v) is 4.41. The van der Waals surface area contributed by atoms with Crippen LogP contribution >= 0.6 is 38.5 Å². The first kappa shape index (κ1) is 15.8. The zero-order valence-corrected chi connectivity index (χ0v) is 14.8. The van der Waals surface area contributed by atoms with Gasteiger partial charge in [0.15, 0.2) is 0 Å². The van der Waals surface area contributed by atoms with Gasteiger partial charge in [-0.15, -0.1) is 0 Å². The van der Waals surface area contributed by atoms with Crippen molar-refractivity contribution >= 4 is 38.5 Å². The van der Waals surface area contributed by atoms with Crippen LogP contribution in [0.2, 0.25) is 0 Å². The normalized spacial score (nSPS) is 12.2. The second-order valence-electron chi connectivity index (χ2n) is 4.27. The number of hydrogen-bond donors (Lipinski definition) is 2. The fraction of sp³-hybridized carbons (Fsp3) is 0.200. The SMILES string of the molecule is CCOc1cccc(C(NN)c2cc(Br)ccc2I)c1. The average Bonchev–Trinajstić information content (AvgIpc) is 2.44. The van der Waals surface area contributed by atoms with E-state index in [9.17, 15) is 0 Å². The molecule has 0 saturated heterocycles. The summed E-state index contributed by atoms with van der Waals surface area (Å²) in [6.07, 6.45) is 0. The lowest BCUT2D eigenvalue weighted by Crippen LogP contribution is -2.29. The largest absolute Gasteiger partial charge is 0.494 e. The fourth-order valence-electron chi connectivity index (χ4n) is 2.05. The predicted octanol–water partition coefficient (Wildman–Crippen LogP) is 4.01. The molecule has 2 aromatic rings. The zero-order valence-electron chi connectivity index (χ0n) is 11.1. The molecule has 20 heavy (non-hydrogen) atoms. The van der Waals surface area contributed by atoms with Crippen molar-refractivity contribution in [3.05, 3.63) is 61.6 Å². The first-order valence-corrected chi connectivity index (χ1v) is 8.16. The number of hydrogen-bond acceptors (Lipinski definition) is 3. The molecule has 3 N–H and O–H groups in total. The lowest BCUT2D eigenvalue weighted by atomic mass is 9.99. The van der Waals surface area contributed by atoms with E-state index in [-0.39, 0.29) is 6.04 Å². The van der Waals surface area contributed by atoms with Gasteiger partial charge in [0.25, 0.3) is 0 Å². The molecule has 0 bridgehead atoms. The summed E-state index contributed by atoms with van der Waals surface area (Å²) >= 11 is 5.83. The van der Waals surface area contributed by atoms with Crippen LogP contribution in [0.5, 0.6) is 5.75 Å². The lowest BCUT2D eigenvalue weighted by molar-refractivity contribution is 0.339. The Labute approximate surface area is 141 Å². The molecule has 5 heteroatoms. The van der Waals surface area contributed by atoms with Crippen molar-refractivity contribution in [3.8, 4) is 5.75 Å². The van der Waals surface area contributed by atoms with Crippen LogP contribution in [0.1, 0.15) is 24.1 Å². The molecule has 0 spiro atoms. The minimum absolute atomic E-state index is 0.0696. The minimum atomic E-state index is -0.0696. The van der Waals surface area contributed by atoms with E-state index < -0.39 is 0 Å². The highest BCUT2D eigenvalue weighted by Gasteiger charge is 2.16. The molecule has 0 aliphatic rings. The molecule has 2 aromatic carbocycles. The highest BCUT2D eigenvalue weighted by Crippen LogP contribution is 2.30. The van der Waals surface area contributed by atoms with Gasteiger partial charge in [-0.25, -0.2) is 5.43 Å². The van der Waals surface area contributed by atoms with Gasteiger partial charge in [0.05, 0.1) is 12.6 Å². The summed E-state index contributed by atoms with van der Waals surface area (Å²) in [6.45, 7) is 2.63. The molecule has 0 radical (unpaired) electrons. The Hall–Kier alpha value is -0.630. The van der Waals surface area contributed by atoms with E-state index in [1.807, 2.05) is 37.3 Å². The molecule has 0 aliphatic carbocycles. The van der Waals surface area contributed by atoms with Crippen molar-refractivity contribution in [1.29, 1.82) is 0 Å². The smallest absolute Gasteiger partial charge is 0.119 e. The van der Waals surface area contributed by atoms with Gasteiger partial charge >= 0.3 is 0 Å². The van der Waals surface area contributed by atoms with Crippen LogP contribution in [-0.2, 0) is 0 Å². The number of nitrogens with two attached hydrogens (primary N) is 1. The van der Waals surface area contributed by atoms with Gasteiger partial charge in [-0.2, -0.15) is 0 Å². The van der Waals surface area contributed by atoms with Gasteiger partial charge in [-0.1, -0.05) is 28.1 Å². The first-order chi connectivity index (χ1) is 9.65. The highest BCUT2D eigenvalue weighted by molar-refractivity contribution is 14.1. The van der Waals surface area contributed by atoms with Gasteiger partial charge in [-0.3, -0.25) is 5.84 Å². The molecule has 0 aliphatic heterocycles. The van der Waals surface area contributed by atoms with Crippen LogP contribution in [-0.4, -0.2) is 6.61 Å². The highest BCUT2D eigenvalue weighted by atomic mass is 127. The van der Waals surface area contributed by atoms with Crippen LogP contribution in [0.3, 0.4) is 0 Å². The molecule has 0 saturated carbocycles. The molecular formula is C15H16BrIN2O. The van der Waals surface area contributed by atoms with Gasteiger partial charge < -0.3 is 4.74 Å². The van der Waals surface area contributed by atoms with E-state index in [4.69, 9.17) is 10.6 Å². The lowest BCUT2D eigenvalue weighted by Gasteiger charge is -2.19. The van der Waals surface area contributed by atoms with Crippen molar-refractivity contribution in [2.45, 2.75) is 13.0 Å². The standard InChI is InChI=1S/C15H16BrIN2O/c1-2-20-12-5-3-4-10(8-12)15(19-18)13-9-11(16)6-7-14(13)17/h3-9,15,19H,2,18H2,1H3. The van der Waals surface area contributed by atoms with Gasteiger partial charge in [-0.05, 0) is 71.0 Å². The monoisotopic (exact) mass is 446 g/mol. The van der Waals surface area contributed by atoms with E-state index in [1.54, 1.807) is 0 Å². The van der Waals surface area contributed by atoms with Crippen molar-refractivity contribution < 1.29 is 4.74 Å². The van der Waals surface area contributed by atoms with Gasteiger partial charge in [0.2, 0.25) is 0 Å². The molecule has 0 fully saturated rings. The zero-order chi connectivity index (χ0) is 14.5. The van der Waals surface area contributed by atoms with Crippen molar-refractivity contribution in [3.63, 3.8) is 0 Å². The van der Waals surface area contributed by atoms with Gasteiger partial charge in [0, 0.05) is 8.04 Å². The predicted molar refractivity (Wildman–Crippen MR) is 93.6 cm³/mol.